The molecule has 0 atom stereocenters. The highest BCUT2D eigenvalue weighted by Crippen LogP contribution is 2.40. The second-order valence-corrected chi connectivity index (χ2v) is 10.4. The summed E-state index contributed by atoms with van der Waals surface area (Å²) in [6.45, 7) is 11.3. The van der Waals surface area contributed by atoms with Gasteiger partial charge in [-0.2, -0.15) is 4.57 Å². The van der Waals surface area contributed by atoms with E-state index in [1.807, 2.05) is 24.4 Å². The minimum Gasteiger partial charge on any atom is -0.453 e. The van der Waals surface area contributed by atoms with Crippen LogP contribution in [0.1, 0.15) is 56.2 Å². The van der Waals surface area contributed by atoms with Gasteiger partial charge in [-0.1, -0.05) is 70.2 Å². The predicted octanol–water partition coefficient (Wildman–Crippen LogP) is 7.97. The Balaban J connectivity index is 1.84. The molecule has 0 aliphatic rings. The number of furan rings is 1. The van der Waals surface area contributed by atoms with Gasteiger partial charge in [-0.15, -0.1) is 0 Å². The Morgan fingerprint density at radius 2 is 1.50 bits per heavy atom. The fourth-order valence-corrected chi connectivity index (χ4v) is 5.60. The van der Waals surface area contributed by atoms with E-state index in [1.54, 1.807) is 0 Å². The molecule has 0 aliphatic carbocycles. The average molecular weight is 475 g/mol. The van der Waals surface area contributed by atoms with Gasteiger partial charge in [-0.25, -0.2) is 4.57 Å². The quantitative estimate of drug-likeness (QED) is 0.243. The number of benzene rings is 3. The van der Waals surface area contributed by atoms with Crippen molar-refractivity contribution in [3.05, 3.63) is 89.6 Å². The number of hydrogen-bond donors (Lipinski definition) is 0. The number of para-hydroxylation sites is 4. The van der Waals surface area contributed by atoms with Crippen LogP contribution < -0.4 is 4.57 Å². The van der Waals surface area contributed by atoms with Crippen molar-refractivity contribution in [3.63, 3.8) is 0 Å². The average Bonchev–Trinajstić information content (AvgIpc) is 3.39. The van der Waals surface area contributed by atoms with Crippen LogP contribution in [-0.4, -0.2) is 9.55 Å². The summed E-state index contributed by atoms with van der Waals surface area (Å²) >= 11 is 0. The van der Waals surface area contributed by atoms with Gasteiger partial charge < -0.3 is 4.42 Å². The van der Waals surface area contributed by atoms with Gasteiger partial charge >= 0.3 is 0 Å². The highest BCUT2D eigenvalue weighted by Gasteiger charge is 2.33. The molecule has 0 bridgehead atoms. The van der Waals surface area contributed by atoms with Gasteiger partial charge in [0, 0.05) is 22.7 Å². The summed E-state index contributed by atoms with van der Waals surface area (Å²) in [5.74, 6) is 1.86. The smallest absolute Gasteiger partial charge is 0.299 e. The zero-order valence-electron chi connectivity index (χ0n) is 21.8. The third kappa shape index (κ3) is 3.21. The number of imidazole rings is 1. The zero-order chi connectivity index (χ0) is 25.1. The standard InChI is InChI=1S/C32H32N3O/c1-19(2)22-13-11-14-23(20(3)4)30(22)35-26-16-9-8-15-25(26)34(6)32(35)28-21(5)18-33-29-24-12-7-10-17-27(24)36-31(28)29/h7-20H,1-6H3/q+1. The lowest BCUT2D eigenvalue weighted by molar-refractivity contribution is -0.633. The monoisotopic (exact) mass is 474 g/mol. The number of pyridine rings is 1. The van der Waals surface area contributed by atoms with Crippen LogP contribution in [-0.2, 0) is 7.05 Å². The molecular weight excluding hydrogens is 442 g/mol. The number of hydrogen-bond acceptors (Lipinski definition) is 2. The lowest BCUT2D eigenvalue weighted by Crippen LogP contribution is -2.30. The van der Waals surface area contributed by atoms with Crippen LogP contribution in [0.15, 0.2) is 77.3 Å². The molecule has 0 spiro atoms. The van der Waals surface area contributed by atoms with E-state index in [2.05, 4.69) is 99.3 Å². The van der Waals surface area contributed by atoms with Gasteiger partial charge in [0.2, 0.25) is 0 Å². The third-order valence-corrected chi connectivity index (χ3v) is 7.38. The van der Waals surface area contributed by atoms with Gasteiger partial charge in [-0.3, -0.25) is 4.98 Å². The first-order valence-electron chi connectivity index (χ1n) is 12.8. The fraction of sp³-hybridized carbons (Fsp3) is 0.250. The predicted molar refractivity (Wildman–Crippen MR) is 148 cm³/mol. The van der Waals surface area contributed by atoms with Crippen LogP contribution in [0.4, 0.5) is 0 Å². The first-order valence-corrected chi connectivity index (χ1v) is 12.8. The molecule has 0 fully saturated rings. The molecule has 4 heteroatoms. The molecule has 3 aromatic heterocycles. The molecule has 0 aliphatic heterocycles. The van der Waals surface area contributed by atoms with Crippen LogP contribution >= 0.6 is 0 Å². The topological polar surface area (TPSA) is 34.8 Å². The van der Waals surface area contributed by atoms with E-state index in [4.69, 9.17) is 9.40 Å². The van der Waals surface area contributed by atoms with E-state index in [0.717, 1.165) is 39.0 Å². The molecule has 36 heavy (non-hydrogen) atoms. The van der Waals surface area contributed by atoms with E-state index in [1.165, 1.54) is 27.8 Å². The molecule has 3 heterocycles. The van der Waals surface area contributed by atoms with Crippen molar-refractivity contribution in [2.45, 2.75) is 46.5 Å². The zero-order valence-corrected chi connectivity index (χ0v) is 21.8. The first kappa shape index (κ1) is 22.5. The van der Waals surface area contributed by atoms with Gasteiger partial charge in [0.05, 0.1) is 7.05 Å². The molecule has 3 aromatic carbocycles. The van der Waals surface area contributed by atoms with Crippen molar-refractivity contribution in [3.8, 4) is 17.1 Å². The van der Waals surface area contributed by atoms with Crippen LogP contribution in [0.2, 0.25) is 0 Å². The Kier molecular flexibility index (Phi) is 5.22. The van der Waals surface area contributed by atoms with Crippen LogP contribution in [0.5, 0.6) is 0 Å². The minimum atomic E-state index is 0.378. The maximum Gasteiger partial charge on any atom is 0.299 e. The van der Waals surface area contributed by atoms with Crippen molar-refractivity contribution in [1.82, 2.24) is 9.55 Å². The summed E-state index contributed by atoms with van der Waals surface area (Å²) in [6.07, 6.45) is 1.99. The van der Waals surface area contributed by atoms with Gasteiger partial charge in [0.1, 0.15) is 22.4 Å². The molecule has 6 rings (SSSR count). The number of rotatable bonds is 4. The fourth-order valence-electron chi connectivity index (χ4n) is 5.60. The summed E-state index contributed by atoms with van der Waals surface area (Å²) in [4.78, 5) is 4.82. The Morgan fingerprint density at radius 1 is 0.833 bits per heavy atom. The summed E-state index contributed by atoms with van der Waals surface area (Å²) < 4.78 is 11.3. The summed E-state index contributed by atoms with van der Waals surface area (Å²) in [7, 11) is 2.16. The third-order valence-electron chi connectivity index (χ3n) is 7.38. The van der Waals surface area contributed by atoms with Crippen molar-refractivity contribution in [2.75, 3.05) is 0 Å². The number of aryl methyl sites for hydroxylation is 2. The van der Waals surface area contributed by atoms with Crippen molar-refractivity contribution in [2.24, 2.45) is 7.05 Å². The van der Waals surface area contributed by atoms with Crippen molar-refractivity contribution in [1.29, 1.82) is 0 Å². The molecule has 0 radical (unpaired) electrons. The van der Waals surface area contributed by atoms with Crippen LogP contribution in [0.3, 0.4) is 0 Å². The van der Waals surface area contributed by atoms with E-state index in [-0.39, 0.29) is 0 Å². The number of aromatic nitrogens is 3. The second kappa shape index (κ2) is 8.34. The lowest BCUT2D eigenvalue weighted by Gasteiger charge is -2.18. The SMILES string of the molecule is Cc1cnc2c(oc3ccccc32)c1-c1n(-c2c(C(C)C)cccc2C(C)C)c2ccccc2[n+]1C. The van der Waals surface area contributed by atoms with E-state index in [9.17, 15) is 0 Å². The molecule has 0 amide bonds. The molecule has 0 saturated heterocycles. The van der Waals surface area contributed by atoms with Gasteiger partial charge in [0.15, 0.2) is 16.6 Å². The minimum absolute atomic E-state index is 0.378. The molecule has 180 valence electrons. The van der Waals surface area contributed by atoms with E-state index in [0.29, 0.717) is 11.8 Å². The number of nitrogens with zero attached hydrogens (tertiary/aromatic N) is 3. The summed E-state index contributed by atoms with van der Waals surface area (Å²) in [5.41, 5.74) is 11.1. The van der Waals surface area contributed by atoms with Crippen molar-refractivity contribution < 1.29 is 8.98 Å². The molecule has 0 unspecified atom stereocenters. The van der Waals surface area contributed by atoms with E-state index < -0.39 is 0 Å². The van der Waals surface area contributed by atoms with Crippen LogP contribution in [0, 0.1) is 6.92 Å². The summed E-state index contributed by atoms with van der Waals surface area (Å²) in [5, 5.41) is 1.05. The highest BCUT2D eigenvalue weighted by atomic mass is 16.3. The van der Waals surface area contributed by atoms with Gasteiger partial charge in [0.25, 0.3) is 5.82 Å². The first-order chi connectivity index (χ1) is 17.4. The Hall–Kier alpha value is -3.92. The van der Waals surface area contributed by atoms with E-state index >= 15 is 0 Å². The second-order valence-electron chi connectivity index (χ2n) is 10.4. The maximum atomic E-state index is 6.53. The Labute approximate surface area is 211 Å². The molecular formula is C32H32N3O+. The molecule has 4 nitrogen and oxygen atoms in total. The maximum absolute atomic E-state index is 6.53. The Bertz CT molecular complexity index is 1740. The lowest BCUT2D eigenvalue weighted by atomic mass is 9.92. The molecule has 0 saturated carbocycles. The van der Waals surface area contributed by atoms with Crippen LogP contribution in [0.25, 0.3) is 50.2 Å². The van der Waals surface area contributed by atoms with Gasteiger partial charge in [-0.05, 0) is 48.6 Å². The highest BCUT2D eigenvalue weighted by molar-refractivity contribution is 6.07. The molecule has 6 aromatic rings. The number of fused-ring (bicyclic) bond motifs is 4. The Morgan fingerprint density at radius 3 is 2.22 bits per heavy atom. The molecule has 0 N–H and O–H groups in total. The van der Waals surface area contributed by atoms with Crippen molar-refractivity contribution >= 4 is 33.1 Å². The normalized spacial score (nSPS) is 12.1. The largest absolute Gasteiger partial charge is 0.453 e. The summed E-state index contributed by atoms with van der Waals surface area (Å²) in [6, 6.07) is 23.6.